The van der Waals surface area contributed by atoms with Gasteiger partial charge in [-0.15, -0.1) is 0 Å². The summed E-state index contributed by atoms with van der Waals surface area (Å²) in [5.41, 5.74) is 0.131. The molecule has 0 bridgehead atoms. The standard InChI is InChI=1S/C17H18O6/c1-20-13-5-3-4-6-15(13)22-9-10-23-16-11-12(17(18)19)7-8-14(16)21-2/h3-8,11H,9-10H2,1-2H3,(H,18,19). The zero-order chi connectivity index (χ0) is 16.7. The second-order valence-corrected chi connectivity index (χ2v) is 4.52. The summed E-state index contributed by atoms with van der Waals surface area (Å²) in [4.78, 5) is 11.0. The lowest BCUT2D eigenvalue weighted by atomic mass is 10.2. The Hall–Kier alpha value is -2.89. The summed E-state index contributed by atoms with van der Waals surface area (Å²) in [5, 5.41) is 9.02. The number of carboxylic acid groups (broad SMARTS) is 1. The van der Waals surface area contributed by atoms with E-state index in [0.29, 0.717) is 23.0 Å². The lowest BCUT2D eigenvalue weighted by molar-refractivity contribution is 0.0696. The van der Waals surface area contributed by atoms with Gasteiger partial charge in [0.2, 0.25) is 0 Å². The van der Waals surface area contributed by atoms with E-state index in [1.807, 2.05) is 12.1 Å². The second-order valence-electron chi connectivity index (χ2n) is 4.52. The van der Waals surface area contributed by atoms with Gasteiger partial charge >= 0.3 is 5.97 Å². The van der Waals surface area contributed by atoms with Crippen molar-refractivity contribution in [1.82, 2.24) is 0 Å². The summed E-state index contributed by atoms with van der Waals surface area (Å²) in [6, 6.07) is 11.7. The minimum absolute atomic E-state index is 0.131. The summed E-state index contributed by atoms with van der Waals surface area (Å²) >= 11 is 0. The maximum atomic E-state index is 11.0. The number of hydrogen-bond donors (Lipinski definition) is 1. The Bertz CT molecular complexity index is 668. The van der Waals surface area contributed by atoms with Gasteiger partial charge in [0.05, 0.1) is 19.8 Å². The first-order chi connectivity index (χ1) is 11.2. The van der Waals surface area contributed by atoms with Crippen LogP contribution in [-0.2, 0) is 0 Å². The Labute approximate surface area is 134 Å². The van der Waals surface area contributed by atoms with E-state index in [0.717, 1.165) is 0 Å². The Balaban J connectivity index is 1.95. The number of methoxy groups -OCH3 is 2. The molecule has 0 radical (unpaired) electrons. The van der Waals surface area contributed by atoms with Crippen LogP contribution in [0.4, 0.5) is 0 Å². The average molecular weight is 318 g/mol. The van der Waals surface area contributed by atoms with Crippen LogP contribution < -0.4 is 18.9 Å². The number of para-hydroxylation sites is 2. The molecule has 122 valence electrons. The minimum atomic E-state index is -1.03. The highest BCUT2D eigenvalue weighted by Crippen LogP contribution is 2.28. The molecule has 0 atom stereocenters. The fourth-order valence-corrected chi connectivity index (χ4v) is 1.96. The van der Waals surface area contributed by atoms with Crippen LogP contribution in [0.15, 0.2) is 42.5 Å². The van der Waals surface area contributed by atoms with Gasteiger partial charge in [0.1, 0.15) is 13.2 Å². The van der Waals surface area contributed by atoms with Crippen LogP contribution in [0.2, 0.25) is 0 Å². The van der Waals surface area contributed by atoms with Crippen LogP contribution in [0.5, 0.6) is 23.0 Å². The molecule has 0 aliphatic carbocycles. The molecular formula is C17H18O6. The van der Waals surface area contributed by atoms with Crippen LogP contribution >= 0.6 is 0 Å². The van der Waals surface area contributed by atoms with Gasteiger partial charge in [-0.1, -0.05) is 12.1 Å². The summed E-state index contributed by atoms with van der Waals surface area (Å²) in [6.07, 6.45) is 0. The summed E-state index contributed by atoms with van der Waals surface area (Å²) in [6.45, 7) is 0.512. The summed E-state index contributed by atoms with van der Waals surface area (Å²) in [7, 11) is 3.06. The van der Waals surface area contributed by atoms with Crippen molar-refractivity contribution < 1.29 is 28.8 Å². The molecule has 0 spiro atoms. The van der Waals surface area contributed by atoms with Crippen LogP contribution in [0, 0.1) is 0 Å². The number of benzene rings is 2. The molecule has 0 aromatic heterocycles. The molecular weight excluding hydrogens is 300 g/mol. The Morgan fingerprint density at radius 3 is 2.04 bits per heavy atom. The molecule has 0 saturated heterocycles. The normalized spacial score (nSPS) is 10.0. The molecule has 0 aliphatic heterocycles. The third-order valence-electron chi connectivity index (χ3n) is 3.08. The fraction of sp³-hybridized carbons (Fsp3) is 0.235. The van der Waals surface area contributed by atoms with E-state index in [2.05, 4.69) is 0 Å². The zero-order valence-corrected chi connectivity index (χ0v) is 12.9. The van der Waals surface area contributed by atoms with E-state index in [1.54, 1.807) is 25.3 Å². The van der Waals surface area contributed by atoms with Crippen LogP contribution in [-0.4, -0.2) is 38.5 Å². The number of carboxylic acids is 1. The van der Waals surface area contributed by atoms with E-state index < -0.39 is 5.97 Å². The van der Waals surface area contributed by atoms with Gasteiger partial charge in [-0.3, -0.25) is 0 Å². The Morgan fingerprint density at radius 2 is 1.43 bits per heavy atom. The smallest absolute Gasteiger partial charge is 0.335 e. The van der Waals surface area contributed by atoms with Crippen molar-refractivity contribution in [2.24, 2.45) is 0 Å². The minimum Gasteiger partial charge on any atom is -0.493 e. The number of rotatable bonds is 8. The van der Waals surface area contributed by atoms with Crippen molar-refractivity contribution in [2.45, 2.75) is 0 Å². The lowest BCUT2D eigenvalue weighted by Crippen LogP contribution is -2.10. The molecule has 0 aliphatic rings. The highest BCUT2D eigenvalue weighted by atomic mass is 16.5. The Kier molecular flexibility index (Phi) is 5.68. The average Bonchev–Trinajstić information content (AvgIpc) is 2.58. The number of aromatic carboxylic acids is 1. The molecule has 2 aromatic carbocycles. The third-order valence-corrected chi connectivity index (χ3v) is 3.08. The second kappa shape index (κ2) is 7.93. The van der Waals surface area contributed by atoms with Crippen molar-refractivity contribution in [3.8, 4) is 23.0 Å². The molecule has 2 rings (SSSR count). The first-order valence-electron chi connectivity index (χ1n) is 6.95. The van der Waals surface area contributed by atoms with E-state index in [4.69, 9.17) is 24.1 Å². The van der Waals surface area contributed by atoms with Gasteiger partial charge in [-0.05, 0) is 30.3 Å². The molecule has 0 heterocycles. The molecule has 2 aromatic rings. The zero-order valence-electron chi connectivity index (χ0n) is 12.9. The molecule has 1 N–H and O–H groups in total. The van der Waals surface area contributed by atoms with E-state index in [1.165, 1.54) is 19.2 Å². The highest BCUT2D eigenvalue weighted by Gasteiger charge is 2.10. The quantitative estimate of drug-likeness (QED) is 0.754. The molecule has 0 saturated carbocycles. The maximum absolute atomic E-state index is 11.0. The van der Waals surface area contributed by atoms with E-state index in [9.17, 15) is 4.79 Å². The van der Waals surface area contributed by atoms with E-state index in [-0.39, 0.29) is 18.8 Å². The maximum Gasteiger partial charge on any atom is 0.335 e. The fourth-order valence-electron chi connectivity index (χ4n) is 1.96. The predicted octanol–water partition coefficient (Wildman–Crippen LogP) is 2.86. The van der Waals surface area contributed by atoms with Gasteiger partial charge in [-0.2, -0.15) is 0 Å². The third kappa shape index (κ3) is 4.29. The van der Waals surface area contributed by atoms with E-state index >= 15 is 0 Å². The highest BCUT2D eigenvalue weighted by molar-refractivity contribution is 5.88. The molecule has 0 unspecified atom stereocenters. The SMILES string of the molecule is COc1ccccc1OCCOc1cc(C(=O)O)ccc1OC. The molecule has 23 heavy (non-hydrogen) atoms. The van der Waals surface area contributed by atoms with Gasteiger partial charge in [0, 0.05) is 0 Å². The molecule has 0 fully saturated rings. The summed E-state index contributed by atoms with van der Waals surface area (Å²) in [5.74, 6) is 1.05. The van der Waals surface area contributed by atoms with Gasteiger partial charge in [0.25, 0.3) is 0 Å². The van der Waals surface area contributed by atoms with Crippen molar-refractivity contribution in [3.05, 3.63) is 48.0 Å². The van der Waals surface area contributed by atoms with Gasteiger partial charge < -0.3 is 24.1 Å². The summed E-state index contributed by atoms with van der Waals surface area (Å²) < 4.78 is 21.5. The molecule has 6 nitrogen and oxygen atoms in total. The Morgan fingerprint density at radius 1 is 0.870 bits per heavy atom. The van der Waals surface area contributed by atoms with Crippen molar-refractivity contribution >= 4 is 5.97 Å². The van der Waals surface area contributed by atoms with Crippen LogP contribution in [0.25, 0.3) is 0 Å². The van der Waals surface area contributed by atoms with Crippen molar-refractivity contribution in [3.63, 3.8) is 0 Å². The predicted molar refractivity (Wildman–Crippen MR) is 83.9 cm³/mol. The first-order valence-corrected chi connectivity index (χ1v) is 6.95. The first kappa shape index (κ1) is 16.5. The van der Waals surface area contributed by atoms with Crippen LogP contribution in [0.1, 0.15) is 10.4 Å². The van der Waals surface area contributed by atoms with Gasteiger partial charge in [-0.25, -0.2) is 4.79 Å². The molecule has 6 heteroatoms. The number of hydrogen-bond acceptors (Lipinski definition) is 5. The monoisotopic (exact) mass is 318 g/mol. The lowest BCUT2D eigenvalue weighted by Gasteiger charge is -2.13. The van der Waals surface area contributed by atoms with Crippen molar-refractivity contribution in [1.29, 1.82) is 0 Å². The topological polar surface area (TPSA) is 74.2 Å². The molecule has 0 amide bonds. The van der Waals surface area contributed by atoms with Gasteiger partial charge in [0.15, 0.2) is 23.0 Å². The number of ether oxygens (including phenoxy) is 4. The van der Waals surface area contributed by atoms with Crippen molar-refractivity contribution in [2.75, 3.05) is 27.4 Å². The largest absolute Gasteiger partial charge is 0.493 e. The number of carbonyl (C=O) groups is 1. The van der Waals surface area contributed by atoms with Crippen LogP contribution in [0.3, 0.4) is 0 Å².